The van der Waals surface area contributed by atoms with Crippen molar-refractivity contribution in [3.05, 3.63) is 94.5 Å². The van der Waals surface area contributed by atoms with Gasteiger partial charge in [-0.25, -0.2) is 4.79 Å². The fourth-order valence-electron chi connectivity index (χ4n) is 2.69. The molecule has 27 heavy (non-hydrogen) atoms. The summed E-state index contributed by atoms with van der Waals surface area (Å²) in [6.45, 7) is -0.420. The predicted octanol–water partition coefficient (Wildman–Crippen LogP) is 4.92. The number of hydrogen-bond acceptors (Lipinski definition) is 4. The van der Waals surface area contributed by atoms with Gasteiger partial charge in [0.05, 0.1) is 22.2 Å². The van der Waals surface area contributed by atoms with E-state index in [1.807, 2.05) is 0 Å². The van der Waals surface area contributed by atoms with Crippen LogP contribution in [0.5, 0.6) is 0 Å². The summed E-state index contributed by atoms with van der Waals surface area (Å²) < 4.78 is 5.20. The van der Waals surface area contributed by atoms with Crippen LogP contribution >= 0.6 is 11.6 Å². The maximum Gasteiger partial charge on any atom is 0.339 e. The third-order valence-electron chi connectivity index (χ3n) is 3.99. The lowest BCUT2D eigenvalue weighted by Gasteiger charge is -2.11. The molecule has 4 nitrogen and oxygen atoms in total. The summed E-state index contributed by atoms with van der Waals surface area (Å²) in [4.78, 5) is 24.8. The molecule has 3 aromatic carbocycles. The Kier molecular flexibility index (Phi) is 5.65. The highest BCUT2D eigenvalue weighted by atomic mass is 35.5. The van der Waals surface area contributed by atoms with E-state index in [2.05, 4.69) is 6.07 Å². The number of halogens is 1. The molecule has 3 aromatic rings. The third-order valence-corrected chi connectivity index (χ3v) is 4.32. The van der Waals surface area contributed by atoms with Gasteiger partial charge in [0.25, 0.3) is 0 Å². The Bertz CT molecular complexity index is 1050. The number of ketones is 1. The van der Waals surface area contributed by atoms with E-state index in [1.54, 1.807) is 72.8 Å². The molecule has 3 rings (SSSR count). The van der Waals surface area contributed by atoms with Crippen molar-refractivity contribution in [2.24, 2.45) is 0 Å². The van der Waals surface area contributed by atoms with Crippen LogP contribution in [0.4, 0.5) is 0 Å². The summed E-state index contributed by atoms with van der Waals surface area (Å²) in [5, 5.41) is 9.62. The second-order valence-corrected chi connectivity index (χ2v) is 6.09. The maximum absolute atomic E-state index is 12.6. The molecule has 132 valence electrons. The fraction of sp³-hybridized carbons (Fsp3) is 0.0455. The van der Waals surface area contributed by atoms with Gasteiger partial charge in [-0.2, -0.15) is 5.26 Å². The molecule has 5 heteroatoms. The van der Waals surface area contributed by atoms with Gasteiger partial charge in [0.2, 0.25) is 5.78 Å². The van der Waals surface area contributed by atoms with Crippen molar-refractivity contribution in [2.45, 2.75) is 0 Å². The van der Waals surface area contributed by atoms with E-state index >= 15 is 0 Å². The standard InChI is InChI=1S/C22H14ClNO3/c23-20-12-6-5-11-19(20)21(25)14-27-22(26)18-10-4-3-9-17(18)16-8-2-1-7-15(16)13-24/h1-12H,14H2. The van der Waals surface area contributed by atoms with Gasteiger partial charge in [0.1, 0.15) is 0 Å². The quantitative estimate of drug-likeness (QED) is 0.469. The monoisotopic (exact) mass is 375 g/mol. The highest BCUT2D eigenvalue weighted by molar-refractivity contribution is 6.34. The van der Waals surface area contributed by atoms with Crippen molar-refractivity contribution in [1.29, 1.82) is 5.26 Å². The van der Waals surface area contributed by atoms with E-state index < -0.39 is 12.6 Å². The molecule has 0 saturated carbocycles. The number of nitriles is 1. The number of carbonyl (C=O) groups excluding carboxylic acids is 2. The number of nitrogens with zero attached hydrogens (tertiary/aromatic N) is 1. The summed E-state index contributed by atoms with van der Waals surface area (Å²) in [6, 6.07) is 22.5. The summed E-state index contributed by atoms with van der Waals surface area (Å²) in [7, 11) is 0. The van der Waals surface area contributed by atoms with Crippen molar-refractivity contribution in [3.8, 4) is 17.2 Å². The first-order chi connectivity index (χ1) is 13.1. The van der Waals surface area contributed by atoms with Crippen LogP contribution in [-0.4, -0.2) is 18.4 Å². The topological polar surface area (TPSA) is 67.2 Å². The Morgan fingerprint density at radius 1 is 0.852 bits per heavy atom. The average Bonchev–Trinajstić information content (AvgIpc) is 2.72. The largest absolute Gasteiger partial charge is 0.454 e. The lowest BCUT2D eigenvalue weighted by molar-refractivity contribution is 0.0475. The molecule has 0 unspecified atom stereocenters. The van der Waals surface area contributed by atoms with Crippen molar-refractivity contribution >= 4 is 23.4 Å². The van der Waals surface area contributed by atoms with Crippen molar-refractivity contribution < 1.29 is 14.3 Å². The molecule has 0 aliphatic heterocycles. The van der Waals surface area contributed by atoms with Crippen LogP contribution in [0.1, 0.15) is 26.3 Å². The van der Waals surface area contributed by atoms with E-state index in [9.17, 15) is 14.9 Å². The Morgan fingerprint density at radius 3 is 2.15 bits per heavy atom. The number of Topliss-reactive ketones (excluding diaryl/α,β-unsaturated/α-hetero) is 1. The lowest BCUT2D eigenvalue weighted by Crippen LogP contribution is -2.15. The average molecular weight is 376 g/mol. The molecule has 0 fully saturated rings. The number of esters is 1. The van der Waals surface area contributed by atoms with Crippen LogP contribution in [-0.2, 0) is 4.74 Å². The van der Waals surface area contributed by atoms with Crippen molar-refractivity contribution in [3.63, 3.8) is 0 Å². The minimum atomic E-state index is -0.640. The number of rotatable bonds is 5. The van der Waals surface area contributed by atoms with E-state index in [1.165, 1.54) is 0 Å². The molecule has 0 spiro atoms. The number of carbonyl (C=O) groups is 2. The Hall–Kier alpha value is -3.42. The predicted molar refractivity (Wildman–Crippen MR) is 103 cm³/mol. The SMILES string of the molecule is N#Cc1ccccc1-c1ccccc1C(=O)OCC(=O)c1ccccc1Cl. The normalized spacial score (nSPS) is 10.1. The summed E-state index contributed by atoms with van der Waals surface area (Å²) >= 11 is 6.00. The first kappa shape index (κ1) is 18.4. The first-order valence-electron chi connectivity index (χ1n) is 8.15. The number of benzene rings is 3. The molecule has 0 saturated heterocycles. The zero-order chi connectivity index (χ0) is 19.2. The number of ether oxygens (including phenoxy) is 1. The highest BCUT2D eigenvalue weighted by Crippen LogP contribution is 2.27. The molecule has 0 amide bonds. The molecule has 0 aromatic heterocycles. The number of hydrogen-bond donors (Lipinski definition) is 0. The molecule has 0 bridgehead atoms. The van der Waals surface area contributed by atoms with Crippen LogP contribution in [0, 0.1) is 11.3 Å². The summed E-state index contributed by atoms with van der Waals surface area (Å²) in [5.74, 6) is -1.03. The summed E-state index contributed by atoms with van der Waals surface area (Å²) in [5.41, 5.74) is 2.24. The Balaban J connectivity index is 1.83. The second kappa shape index (κ2) is 8.31. The molecule has 0 heterocycles. The van der Waals surface area contributed by atoms with Gasteiger partial charge >= 0.3 is 5.97 Å². The van der Waals surface area contributed by atoms with E-state index in [-0.39, 0.29) is 11.3 Å². The highest BCUT2D eigenvalue weighted by Gasteiger charge is 2.18. The van der Waals surface area contributed by atoms with Gasteiger partial charge in [-0.05, 0) is 29.8 Å². The summed E-state index contributed by atoms with van der Waals surface area (Å²) in [6.07, 6.45) is 0. The third kappa shape index (κ3) is 4.05. The van der Waals surface area contributed by atoms with Crippen LogP contribution in [0.2, 0.25) is 5.02 Å². The zero-order valence-electron chi connectivity index (χ0n) is 14.2. The molecule has 0 atom stereocenters. The van der Waals surface area contributed by atoms with Crippen LogP contribution in [0.3, 0.4) is 0 Å². The zero-order valence-corrected chi connectivity index (χ0v) is 14.9. The van der Waals surface area contributed by atoms with E-state index in [0.717, 1.165) is 0 Å². The van der Waals surface area contributed by atoms with Gasteiger partial charge in [-0.1, -0.05) is 60.1 Å². The molecular weight excluding hydrogens is 362 g/mol. The van der Waals surface area contributed by atoms with Gasteiger partial charge in [-0.15, -0.1) is 0 Å². The fourth-order valence-corrected chi connectivity index (χ4v) is 2.93. The Labute approximate surface area is 161 Å². The Morgan fingerprint density at radius 2 is 1.44 bits per heavy atom. The van der Waals surface area contributed by atoms with Crippen LogP contribution in [0.25, 0.3) is 11.1 Å². The minimum absolute atomic E-state index is 0.284. The second-order valence-electron chi connectivity index (χ2n) is 5.68. The van der Waals surface area contributed by atoms with E-state index in [4.69, 9.17) is 16.3 Å². The lowest BCUT2D eigenvalue weighted by atomic mass is 9.96. The van der Waals surface area contributed by atoms with Gasteiger partial charge in [0, 0.05) is 11.1 Å². The van der Waals surface area contributed by atoms with Crippen molar-refractivity contribution in [1.82, 2.24) is 0 Å². The van der Waals surface area contributed by atoms with Crippen LogP contribution < -0.4 is 0 Å². The molecule has 0 aliphatic rings. The molecular formula is C22H14ClNO3. The van der Waals surface area contributed by atoms with E-state index in [0.29, 0.717) is 27.3 Å². The molecule has 0 radical (unpaired) electrons. The minimum Gasteiger partial charge on any atom is -0.454 e. The van der Waals surface area contributed by atoms with Gasteiger partial charge in [0.15, 0.2) is 6.61 Å². The van der Waals surface area contributed by atoms with Gasteiger partial charge in [-0.3, -0.25) is 4.79 Å². The van der Waals surface area contributed by atoms with Crippen molar-refractivity contribution in [2.75, 3.05) is 6.61 Å². The van der Waals surface area contributed by atoms with Crippen LogP contribution in [0.15, 0.2) is 72.8 Å². The van der Waals surface area contributed by atoms with Gasteiger partial charge < -0.3 is 4.74 Å². The molecule has 0 N–H and O–H groups in total. The molecule has 0 aliphatic carbocycles. The maximum atomic E-state index is 12.6. The smallest absolute Gasteiger partial charge is 0.339 e. The first-order valence-corrected chi connectivity index (χ1v) is 8.53.